The predicted molar refractivity (Wildman–Crippen MR) is 142 cm³/mol. The molecule has 1 atom stereocenters. The van der Waals surface area contributed by atoms with Gasteiger partial charge in [-0.05, 0) is 67.8 Å². The first-order valence-corrected chi connectivity index (χ1v) is 11.4. The van der Waals surface area contributed by atoms with Gasteiger partial charge in [0, 0.05) is 51.9 Å². The average Bonchev–Trinajstić information content (AvgIpc) is 3.12. The van der Waals surface area contributed by atoms with E-state index in [1.54, 1.807) is 19.2 Å². The fourth-order valence-electron chi connectivity index (χ4n) is 4.47. The van der Waals surface area contributed by atoms with Crippen molar-refractivity contribution < 1.29 is 31.0 Å². The van der Waals surface area contributed by atoms with Gasteiger partial charge < -0.3 is 20.2 Å². The van der Waals surface area contributed by atoms with E-state index in [9.17, 15) is 4.39 Å². The number of allylic oxidation sites excluding steroid dienone is 2. The first-order chi connectivity index (χ1) is 17.3. The second-order valence-electron chi connectivity index (χ2n) is 8.49. The smallest absolute Gasteiger partial charge is 0.210 e. The van der Waals surface area contributed by atoms with Gasteiger partial charge in [-0.25, -0.2) is 9.24 Å². The third-order valence-electron chi connectivity index (χ3n) is 6.24. The molecule has 1 heterocycles. The van der Waals surface area contributed by atoms with Crippen LogP contribution < -0.4 is 9.64 Å². The van der Waals surface area contributed by atoms with Crippen molar-refractivity contribution in [3.63, 3.8) is 0 Å². The van der Waals surface area contributed by atoms with Crippen LogP contribution in [0.1, 0.15) is 30.5 Å². The quantitative estimate of drug-likeness (QED) is 0.181. The molecule has 193 valence electrons. The molecule has 0 aromatic heterocycles. The number of aliphatic hydroxyl groups excluding tert-OH is 1. The van der Waals surface area contributed by atoms with Gasteiger partial charge in [-0.3, -0.25) is 5.41 Å². The largest absolute Gasteiger partial charge is 0.497 e. The topological polar surface area (TPSA) is 84.8 Å². The van der Waals surface area contributed by atoms with E-state index in [2.05, 4.69) is 35.7 Å². The van der Waals surface area contributed by atoms with Crippen molar-refractivity contribution >= 4 is 23.5 Å². The monoisotopic (exact) mass is 543 g/mol. The molecule has 1 aliphatic rings. The van der Waals surface area contributed by atoms with Crippen LogP contribution >= 0.6 is 0 Å². The summed E-state index contributed by atoms with van der Waals surface area (Å²) in [6.07, 6.45) is 3.92. The van der Waals surface area contributed by atoms with Gasteiger partial charge in [0.2, 0.25) is 5.90 Å². The molecule has 0 saturated heterocycles. The van der Waals surface area contributed by atoms with Crippen LogP contribution in [-0.4, -0.2) is 30.9 Å². The number of fused-ring (bicyclic) bond motifs is 1. The Morgan fingerprint density at radius 3 is 2.30 bits per heavy atom. The zero-order chi connectivity index (χ0) is 26.3. The normalized spacial score (nSPS) is 16.5. The van der Waals surface area contributed by atoms with Crippen LogP contribution in [0.5, 0.6) is 5.75 Å². The van der Waals surface area contributed by atoms with Crippen molar-refractivity contribution in [3.8, 4) is 5.75 Å². The molecule has 0 bridgehead atoms. The Kier molecular flexibility index (Phi) is 10.2. The number of hydrogen-bond donors (Lipinski definition) is 3. The first-order valence-electron chi connectivity index (χ1n) is 11.4. The van der Waals surface area contributed by atoms with E-state index >= 15 is 0 Å². The van der Waals surface area contributed by atoms with Crippen LogP contribution in [-0.2, 0) is 28.6 Å². The third kappa shape index (κ3) is 6.44. The van der Waals surface area contributed by atoms with Crippen LogP contribution in [0.15, 0.2) is 78.5 Å². The van der Waals surface area contributed by atoms with Crippen molar-refractivity contribution in [2.24, 2.45) is 0 Å². The molecule has 0 aliphatic carbocycles. The fraction of sp³-hybridized carbons (Fsp3) is 0.207. The molecule has 1 aliphatic heterocycles. The number of benzene rings is 3. The zero-order valence-corrected chi connectivity index (χ0v) is 21.9. The van der Waals surface area contributed by atoms with Crippen molar-refractivity contribution in [1.29, 1.82) is 10.8 Å². The van der Waals surface area contributed by atoms with Crippen LogP contribution in [0, 0.1) is 23.2 Å². The molecule has 3 aromatic carbocycles. The number of anilines is 1. The molecule has 37 heavy (non-hydrogen) atoms. The van der Waals surface area contributed by atoms with Crippen LogP contribution in [0.25, 0.3) is 4.85 Å². The number of ether oxygens (including phenoxy) is 1. The maximum atomic E-state index is 13.3. The predicted octanol–water partition coefficient (Wildman–Crippen LogP) is 6.83. The van der Waals surface area contributed by atoms with E-state index in [1.165, 1.54) is 36.0 Å². The van der Waals surface area contributed by atoms with E-state index in [-0.39, 0.29) is 28.0 Å². The van der Waals surface area contributed by atoms with Gasteiger partial charge in [-0.15, -0.1) is 0 Å². The zero-order valence-electron chi connectivity index (χ0n) is 20.9. The summed E-state index contributed by atoms with van der Waals surface area (Å²) in [4.78, 5) is 5.41. The van der Waals surface area contributed by atoms with Gasteiger partial charge in [-0.1, -0.05) is 36.4 Å². The van der Waals surface area contributed by atoms with Crippen LogP contribution in [0.2, 0.25) is 0 Å². The number of halogens is 1. The molecule has 3 N–H and O–H groups in total. The van der Waals surface area contributed by atoms with Gasteiger partial charge >= 0.3 is 0 Å². The van der Waals surface area contributed by atoms with Crippen molar-refractivity contribution in [2.75, 3.05) is 18.6 Å². The summed E-state index contributed by atoms with van der Waals surface area (Å²) in [6.45, 7) is 11.7. The molecular formula is C29H29CoFN4O2. The maximum Gasteiger partial charge on any atom is 0.210 e. The summed E-state index contributed by atoms with van der Waals surface area (Å²) in [7, 11) is 1.67. The summed E-state index contributed by atoms with van der Waals surface area (Å²) < 4.78 is 18.7. The molecule has 3 aromatic rings. The van der Waals surface area contributed by atoms with E-state index in [1.807, 2.05) is 24.3 Å². The first kappa shape index (κ1) is 29.3. The van der Waals surface area contributed by atoms with Gasteiger partial charge in [0.1, 0.15) is 11.6 Å². The number of nitrogens with zero attached hydrogens (tertiary/aromatic N) is 2. The standard InChI is InChI=1S/C21H23FN2O.C8H6N2O.Co/c1-4-24-19-10-9-17(25-3)13-18(19)21(2,20(24)11-12-23)14-15-5-7-16(22)8-6-15;1-10-7-4-2-6(3-5-7)8(9)11;/h5-13,23H,4,14H2,1-3H3;2-5H,(H2,9,11);/b20-11-,23-12?;;. The number of methoxy groups -OCH3 is 1. The van der Waals surface area contributed by atoms with E-state index in [4.69, 9.17) is 27.2 Å². The number of likely N-dealkylation sites (N-methyl/N-ethyl adjacent to an activating group) is 1. The van der Waals surface area contributed by atoms with Crippen LogP contribution in [0.4, 0.5) is 15.8 Å². The van der Waals surface area contributed by atoms with Gasteiger partial charge in [0.05, 0.1) is 13.7 Å². The molecule has 0 fully saturated rings. The summed E-state index contributed by atoms with van der Waals surface area (Å²) >= 11 is 0. The average molecular weight is 544 g/mol. The second-order valence-corrected chi connectivity index (χ2v) is 8.49. The molecule has 1 radical (unpaired) electrons. The summed E-state index contributed by atoms with van der Waals surface area (Å²) in [6, 6.07) is 19.0. The number of rotatable bonds is 6. The van der Waals surface area contributed by atoms with Crippen LogP contribution in [0.3, 0.4) is 0 Å². The summed E-state index contributed by atoms with van der Waals surface area (Å²) in [5.41, 5.74) is 5.08. The van der Waals surface area contributed by atoms with Gasteiger partial charge in [-0.2, -0.15) is 0 Å². The molecule has 1 unspecified atom stereocenters. The molecule has 0 saturated carbocycles. The minimum atomic E-state index is -0.471. The Morgan fingerprint density at radius 2 is 1.78 bits per heavy atom. The van der Waals surface area contributed by atoms with Crippen molar-refractivity contribution in [3.05, 3.63) is 112 Å². The third-order valence-corrected chi connectivity index (χ3v) is 6.24. The molecule has 0 amide bonds. The number of nitrogens with one attached hydrogen (secondary N) is 2. The summed E-state index contributed by atoms with van der Waals surface area (Å²) in [5, 5.41) is 23.1. The van der Waals surface area contributed by atoms with E-state index in [0.717, 1.165) is 35.7 Å². The SMILES string of the molecule is CCN1/C(=C\C=N)C(C)(Cc2ccc(F)cc2)c2cc(OC)ccc21.[C-]#[N+]c1ccc(C(=N)O)cc1.[Co]. The Balaban J connectivity index is 0.000000339. The Hall–Kier alpha value is -3.93. The number of aliphatic hydroxyl groups is 1. The van der Waals surface area contributed by atoms with Crippen molar-refractivity contribution in [1.82, 2.24) is 0 Å². The van der Waals surface area contributed by atoms with E-state index < -0.39 is 5.90 Å². The summed E-state index contributed by atoms with van der Waals surface area (Å²) in [5.74, 6) is 0.116. The maximum absolute atomic E-state index is 13.3. The van der Waals surface area contributed by atoms with Gasteiger partial charge in [0.15, 0.2) is 5.69 Å². The second kappa shape index (κ2) is 12.9. The fourth-order valence-corrected chi connectivity index (χ4v) is 4.47. The Morgan fingerprint density at radius 1 is 1.14 bits per heavy atom. The minimum absolute atomic E-state index is 0. The molecular weight excluding hydrogens is 514 g/mol. The van der Waals surface area contributed by atoms with Gasteiger partial charge in [0.25, 0.3) is 0 Å². The Bertz CT molecular complexity index is 1320. The number of hydrogen-bond acceptors (Lipinski definition) is 4. The Labute approximate surface area is 227 Å². The van der Waals surface area contributed by atoms with E-state index in [0.29, 0.717) is 11.3 Å². The molecule has 8 heteroatoms. The van der Waals surface area contributed by atoms with Crippen molar-refractivity contribution in [2.45, 2.75) is 25.7 Å². The minimum Gasteiger partial charge on any atom is -0.497 e. The molecule has 6 nitrogen and oxygen atoms in total. The molecule has 4 rings (SSSR count). The molecule has 0 spiro atoms.